The summed E-state index contributed by atoms with van der Waals surface area (Å²) in [7, 11) is 0. The van der Waals surface area contributed by atoms with Crippen molar-refractivity contribution >= 4 is 64.0 Å². The van der Waals surface area contributed by atoms with Gasteiger partial charge in [-0.1, -0.05) is 23.2 Å². The first kappa shape index (κ1) is 28.4. The molecule has 5 rings (SSSR count). The van der Waals surface area contributed by atoms with E-state index in [1.54, 1.807) is 18.2 Å². The number of nitro groups is 1. The smallest absolute Gasteiger partial charge is 0.311 e. The molecule has 14 nitrogen and oxygen atoms in total. The van der Waals surface area contributed by atoms with Crippen LogP contribution in [0.1, 0.15) is 6.42 Å². The first-order valence-electron chi connectivity index (χ1n) is 12.6. The maximum Gasteiger partial charge on any atom is 0.311 e. The molecule has 4 heterocycles. The second-order valence-corrected chi connectivity index (χ2v) is 10.0. The molecule has 0 radical (unpaired) electrons. The molecule has 0 saturated carbocycles. The molecule has 2 aromatic heterocycles. The number of benzene rings is 1. The molecule has 3 aromatic rings. The van der Waals surface area contributed by atoms with Crippen molar-refractivity contribution < 1.29 is 19.2 Å². The van der Waals surface area contributed by atoms with Crippen LogP contribution in [0, 0.1) is 10.1 Å². The number of halogens is 2. The molecule has 0 aliphatic carbocycles. The van der Waals surface area contributed by atoms with Crippen LogP contribution in [-0.2, 0) is 14.3 Å². The van der Waals surface area contributed by atoms with Crippen LogP contribution in [0.15, 0.2) is 36.5 Å². The van der Waals surface area contributed by atoms with Crippen LogP contribution in [0.2, 0.25) is 10.0 Å². The van der Waals surface area contributed by atoms with E-state index in [0.717, 1.165) is 4.90 Å². The number of ether oxygens (including phenoxy) is 1. The zero-order chi connectivity index (χ0) is 29.1. The summed E-state index contributed by atoms with van der Waals surface area (Å²) in [4.78, 5) is 53.0. The summed E-state index contributed by atoms with van der Waals surface area (Å²) >= 11 is 12.6. The Morgan fingerprint density at radius 2 is 1.85 bits per heavy atom. The lowest BCUT2D eigenvalue weighted by Gasteiger charge is -2.30. The van der Waals surface area contributed by atoms with Gasteiger partial charge in [-0.15, -0.1) is 0 Å². The van der Waals surface area contributed by atoms with Gasteiger partial charge in [0.05, 0.1) is 47.5 Å². The standard InChI is InChI=1S/C25H25Cl2N9O5/c26-14-1-2-15(16(27)11-14)22-19(35-21(37)12-18(24(35)38)34-7-9-41-10-8-34)13-31-25(33-22)30-6-5-29-20-4-3-17(36(39)40)23(28)32-20/h1-4,11,13,18H,5-10,12H2,(H3,28,29,32)(H,30,31,33). The minimum absolute atomic E-state index is 0.0412. The molecule has 2 fully saturated rings. The number of morpholine rings is 1. The van der Waals surface area contributed by atoms with E-state index >= 15 is 0 Å². The minimum Gasteiger partial charge on any atom is -0.379 e. The fourth-order valence-electron chi connectivity index (χ4n) is 4.63. The first-order valence-corrected chi connectivity index (χ1v) is 13.4. The molecule has 1 unspecified atom stereocenters. The molecule has 41 heavy (non-hydrogen) atoms. The molecule has 1 aromatic carbocycles. The zero-order valence-electron chi connectivity index (χ0n) is 21.5. The highest BCUT2D eigenvalue weighted by molar-refractivity contribution is 6.36. The Labute approximate surface area is 243 Å². The summed E-state index contributed by atoms with van der Waals surface area (Å²) in [6, 6.07) is 6.98. The molecule has 16 heteroatoms. The number of anilines is 4. The monoisotopic (exact) mass is 601 g/mol. The van der Waals surface area contributed by atoms with Gasteiger partial charge >= 0.3 is 5.69 Å². The summed E-state index contributed by atoms with van der Waals surface area (Å²) in [5, 5.41) is 17.7. The van der Waals surface area contributed by atoms with Gasteiger partial charge < -0.3 is 21.1 Å². The van der Waals surface area contributed by atoms with Gasteiger partial charge in [-0.25, -0.2) is 19.9 Å². The average molecular weight is 602 g/mol. The molecule has 4 N–H and O–H groups in total. The Balaban J connectivity index is 1.36. The van der Waals surface area contributed by atoms with Gasteiger partial charge in [-0.2, -0.15) is 0 Å². The maximum absolute atomic E-state index is 13.5. The number of hydrogen-bond donors (Lipinski definition) is 3. The normalized spacial score (nSPS) is 17.6. The number of nitrogens with zero attached hydrogens (tertiary/aromatic N) is 6. The third kappa shape index (κ3) is 6.15. The number of rotatable bonds is 9. The summed E-state index contributed by atoms with van der Waals surface area (Å²) < 4.78 is 5.39. The van der Waals surface area contributed by atoms with Crippen LogP contribution in [0.4, 0.5) is 29.0 Å². The largest absolute Gasteiger partial charge is 0.379 e. The van der Waals surface area contributed by atoms with E-state index in [4.69, 9.17) is 33.7 Å². The van der Waals surface area contributed by atoms with Crippen molar-refractivity contribution in [2.24, 2.45) is 0 Å². The maximum atomic E-state index is 13.5. The Morgan fingerprint density at radius 1 is 1.10 bits per heavy atom. The number of imide groups is 1. The molecule has 214 valence electrons. The number of nitrogens with one attached hydrogen (secondary N) is 2. The average Bonchev–Trinajstić information content (AvgIpc) is 3.24. The Bertz CT molecular complexity index is 1500. The lowest BCUT2D eigenvalue weighted by atomic mass is 10.1. The highest BCUT2D eigenvalue weighted by atomic mass is 35.5. The quantitative estimate of drug-likeness (QED) is 0.141. The first-order chi connectivity index (χ1) is 19.7. The Kier molecular flexibility index (Phi) is 8.44. The number of amides is 2. The van der Waals surface area contributed by atoms with Gasteiger partial charge in [0.25, 0.3) is 5.91 Å². The van der Waals surface area contributed by atoms with E-state index in [1.807, 2.05) is 4.90 Å². The van der Waals surface area contributed by atoms with E-state index in [-0.39, 0.29) is 52.1 Å². The second-order valence-electron chi connectivity index (χ2n) is 9.20. The third-order valence-corrected chi connectivity index (χ3v) is 7.17. The second kappa shape index (κ2) is 12.2. The topological polar surface area (TPSA) is 182 Å². The van der Waals surface area contributed by atoms with Gasteiger partial charge in [0, 0.05) is 42.8 Å². The number of nitrogen functional groups attached to an aromatic ring is 1. The van der Waals surface area contributed by atoms with Crippen LogP contribution >= 0.6 is 23.2 Å². The van der Waals surface area contributed by atoms with Crippen LogP contribution in [0.3, 0.4) is 0 Å². The van der Waals surface area contributed by atoms with E-state index in [9.17, 15) is 19.7 Å². The summed E-state index contributed by atoms with van der Waals surface area (Å²) in [6.45, 7) is 2.78. The Morgan fingerprint density at radius 3 is 2.56 bits per heavy atom. The fourth-order valence-corrected chi connectivity index (χ4v) is 5.13. The van der Waals surface area contributed by atoms with Gasteiger partial charge in [0.2, 0.25) is 17.7 Å². The van der Waals surface area contributed by atoms with Crippen LogP contribution in [-0.4, -0.2) is 82.0 Å². The predicted octanol–water partition coefficient (Wildman–Crippen LogP) is 2.82. The number of carbonyl (C=O) groups is 2. The van der Waals surface area contributed by atoms with E-state index in [1.165, 1.54) is 18.3 Å². The summed E-state index contributed by atoms with van der Waals surface area (Å²) in [5.74, 6) is -0.330. The van der Waals surface area contributed by atoms with Crippen molar-refractivity contribution in [3.8, 4) is 11.3 Å². The molecule has 1 atom stereocenters. The zero-order valence-corrected chi connectivity index (χ0v) is 23.1. The van der Waals surface area contributed by atoms with E-state index in [0.29, 0.717) is 55.8 Å². The van der Waals surface area contributed by atoms with Crippen LogP contribution < -0.4 is 21.3 Å². The highest BCUT2D eigenvalue weighted by Crippen LogP contribution is 2.38. The molecule has 0 bridgehead atoms. The lowest BCUT2D eigenvalue weighted by molar-refractivity contribution is -0.384. The minimum atomic E-state index is -0.606. The molecular formula is C25H25Cl2N9O5. The Hall–Kier alpha value is -4.11. The van der Waals surface area contributed by atoms with E-state index in [2.05, 4.69) is 25.6 Å². The number of aromatic nitrogens is 3. The van der Waals surface area contributed by atoms with Gasteiger partial charge in [-0.05, 0) is 24.3 Å². The summed E-state index contributed by atoms with van der Waals surface area (Å²) in [5.41, 5.74) is 6.33. The van der Waals surface area contributed by atoms with Crippen molar-refractivity contribution in [3.05, 3.63) is 56.7 Å². The summed E-state index contributed by atoms with van der Waals surface area (Å²) in [6.07, 6.45) is 1.46. The van der Waals surface area contributed by atoms with E-state index < -0.39 is 11.0 Å². The fraction of sp³-hybridized carbons (Fsp3) is 0.320. The molecule has 2 saturated heterocycles. The van der Waals surface area contributed by atoms with Crippen molar-refractivity contribution in [3.63, 3.8) is 0 Å². The van der Waals surface area contributed by atoms with Crippen molar-refractivity contribution in [2.75, 3.05) is 60.7 Å². The van der Waals surface area contributed by atoms with Crippen molar-refractivity contribution in [1.29, 1.82) is 0 Å². The third-order valence-electron chi connectivity index (χ3n) is 6.62. The SMILES string of the molecule is Nc1nc(NCCNc2ncc(N3C(=O)CC(N4CCOCC4)C3=O)c(-c3ccc(Cl)cc3Cl)n2)ccc1[N+](=O)[O-]. The van der Waals surface area contributed by atoms with Gasteiger partial charge in [-0.3, -0.25) is 24.6 Å². The number of nitrogens with two attached hydrogens (primary N) is 1. The molecule has 0 spiro atoms. The number of carbonyl (C=O) groups excluding carboxylic acids is 2. The predicted molar refractivity (Wildman–Crippen MR) is 153 cm³/mol. The van der Waals surface area contributed by atoms with Gasteiger partial charge in [0.1, 0.15) is 11.5 Å². The number of pyridine rings is 1. The van der Waals surface area contributed by atoms with Crippen LogP contribution in [0.25, 0.3) is 11.3 Å². The van der Waals surface area contributed by atoms with Crippen LogP contribution in [0.5, 0.6) is 0 Å². The molecule has 2 aliphatic rings. The molecule has 2 aliphatic heterocycles. The lowest BCUT2D eigenvalue weighted by Crippen LogP contribution is -2.47. The molecular weight excluding hydrogens is 577 g/mol. The van der Waals surface area contributed by atoms with Crippen molar-refractivity contribution in [2.45, 2.75) is 12.5 Å². The number of hydrogen-bond acceptors (Lipinski definition) is 12. The van der Waals surface area contributed by atoms with Crippen molar-refractivity contribution in [1.82, 2.24) is 19.9 Å². The highest BCUT2D eigenvalue weighted by Gasteiger charge is 2.44. The molecule has 2 amide bonds. The van der Waals surface area contributed by atoms with Gasteiger partial charge in [0.15, 0.2) is 0 Å².